The number of carbonyl (C=O) groups is 1. The van der Waals surface area contributed by atoms with Gasteiger partial charge in [0.25, 0.3) is 5.91 Å². The first-order chi connectivity index (χ1) is 13.5. The number of pyridine rings is 1. The van der Waals surface area contributed by atoms with Crippen molar-refractivity contribution in [3.8, 4) is 5.75 Å². The van der Waals surface area contributed by atoms with E-state index in [1.807, 2.05) is 48.4 Å². The monoisotopic (exact) mass is 378 g/mol. The Kier molecular flexibility index (Phi) is 5.03. The molecule has 0 saturated carbocycles. The van der Waals surface area contributed by atoms with Gasteiger partial charge in [-0.1, -0.05) is 17.7 Å². The van der Waals surface area contributed by atoms with E-state index in [0.717, 1.165) is 35.6 Å². The van der Waals surface area contributed by atoms with Crippen LogP contribution in [0.15, 0.2) is 42.7 Å². The van der Waals surface area contributed by atoms with E-state index >= 15 is 0 Å². The lowest BCUT2D eigenvalue weighted by atomic mass is 10.1. The van der Waals surface area contributed by atoms with Crippen LogP contribution in [0.3, 0.4) is 0 Å². The molecule has 3 aromatic rings. The van der Waals surface area contributed by atoms with Crippen LogP contribution in [0.25, 0.3) is 11.0 Å². The highest BCUT2D eigenvalue weighted by atomic mass is 16.5. The Labute approximate surface area is 165 Å². The van der Waals surface area contributed by atoms with E-state index in [1.54, 1.807) is 6.20 Å². The van der Waals surface area contributed by atoms with Crippen molar-refractivity contribution in [2.75, 3.05) is 19.7 Å². The molecule has 6 nitrogen and oxygen atoms in total. The number of imidazole rings is 1. The Bertz CT molecular complexity index is 978. The summed E-state index contributed by atoms with van der Waals surface area (Å²) in [6.45, 7) is 7.83. The van der Waals surface area contributed by atoms with Crippen molar-refractivity contribution >= 4 is 16.9 Å². The van der Waals surface area contributed by atoms with Crippen LogP contribution in [0, 0.1) is 6.92 Å². The maximum Gasteiger partial charge on any atom is 0.260 e. The minimum Gasteiger partial charge on any atom is -0.484 e. The van der Waals surface area contributed by atoms with Crippen LogP contribution in [0.4, 0.5) is 0 Å². The fraction of sp³-hybridized carbons (Fsp3) is 0.409. The van der Waals surface area contributed by atoms with Gasteiger partial charge in [0.2, 0.25) is 0 Å². The van der Waals surface area contributed by atoms with Crippen LogP contribution in [-0.4, -0.2) is 45.0 Å². The van der Waals surface area contributed by atoms with E-state index in [4.69, 9.17) is 9.72 Å². The molecule has 1 atom stereocenters. The first kappa shape index (κ1) is 18.5. The van der Waals surface area contributed by atoms with Gasteiger partial charge in [-0.05, 0) is 45.4 Å². The van der Waals surface area contributed by atoms with Gasteiger partial charge in [-0.3, -0.25) is 9.78 Å². The molecule has 1 fully saturated rings. The number of carbonyl (C=O) groups excluding carboxylic acids is 1. The second-order valence-electron chi connectivity index (χ2n) is 7.73. The molecule has 1 saturated heterocycles. The fourth-order valence-corrected chi connectivity index (χ4v) is 3.86. The van der Waals surface area contributed by atoms with Crippen LogP contribution in [0.1, 0.15) is 43.6 Å². The van der Waals surface area contributed by atoms with Crippen LogP contribution in [0.5, 0.6) is 5.75 Å². The molecular weight excluding hydrogens is 352 g/mol. The molecule has 0 radical (unpaired) electrons. The molecule has 146 valence electrons. The molecule has 1 aliphatic rings. The summed E-state index contributed by atoms with van der Waals surface area (Å²) in [5, 5.41) is 0. The number of aryl methyl sites for hydroxylation is 1. The second-order valence-corrected chi connectivity index (χ2v) is 7.73. The number of fused-ring (bicyclic) bond motifs is 1. The number of likely N-dealkylation sites (tertiary alicyclic amines) is 1. The SMILES string of the molecule is Cc1ccc(OCC(=O)N2CC[C@@H](c3nc4ccncc4n3C(C)C)C2)cc1. The molecule has 2 aromatic heterocycles. The van der Waals surface area contributed by atoms with Crippen molar-refractivity contribution in [3.05, 3.63) is 54.1 Å². The predicted octanol–water partition coefficient (Wildman–Crippen LogP) is 3.72. The van der Waals surface area contributed by atoms with Gasteiger partial charge >= 0.3 is 0 Å². The van der Waals surface area contributed by atoms with Crippen molar-refractivity contribution in [2.24, 2.45) is 0 Å². The highest BCUT2D eigenvalue weighted by Crippen LogP contribution is 2.31. The molecule has 0 unspecified atom stereocenters. The van der Waals surface area contributed by atoms with Crippen molar-refractivity contribution in [1.82, 2.24) is 19.4 Å². The number of benzene rings is 1. The van der Waals surface area contributed by atoms with Gasteiger partial charge in [0.15, 0.2) is 6.61 Å². The van der Waals surface area contributed by atoms with E-state index in [1.165, 1.54) is 5.56 Å². The van der Waals surface area contributed by atoms with Gasteiger partial charge < -0.3 is 14.2 Å². The first-order valence-corrected chi connectivity index (χ1v) is 9.82. The van der Waals surface area contributed by atoms with Gasteiger partial charge in [-0.2, -0.15) is 0 Å². The summed E-state index contributed by atoms with van der Waals surface area (Å²) >= 11 is 0. The number of rotatable bonds is 5. The summed E-state index contributed by atoms with van der Waals surface area (Å²) in [6, 6.07) is 10.0. The molecule has 4 rings (SSSR count). The Morgan fingerprint density at radius 1 is 1.25 bits per heavy atom. The average molecular weight is 378 g/mol. The summed E-state index contributed by atoms with van der Waals surface area (Å²) < 4.78 is 7.92. The normalized spacial score (nSPS) is 16.9. The lowest BCUT2D eigenvalue weighted by molar-refractivity contribution is -0.132. The molecule has 28 heavy (non-hydrogen) atoms. The summed E-state index contributed by atoms with van der Waals surface area (Å²) in [7, 11) is 0. The topological polar surface area (TPSA) is 60.2 Å². The highest BCUT2D eigenvalue weighted by molar-refractivity contribution is 5.78. The highest BCUT2D eigenvalue weighted by Gasteiger charge is 2.31. The maximum absolute atomic E-state index is 12.6. The number of ether oxygens (including phenoxy) is 1. The number of hydrogen-bond acceptors (Lipinski definition) is 4. The zero-order valence-corrected chi connectivity index (χ0v) is 16.6. The van der Waals surface area contributed by atoms with E-state index in [2.05, 4.69) is 23.4 Å². The van der Waals surface area contributed by atoms with Crippen LogP contribution >= 0.6 is 0 Å². The molecule has 0 aliphatic carbocycles. The first-order valence-electron chi connectivity index (χ1n) is 9.82. The maximum atomic E-state index is 12.6. The lowest BCUT2D eigenvalue weighted by Gasteiger charge is -2.19. The summed E-state index contributed by atoms with van der Waals surface area (Å²) in [4.78, 5) is 23.6. The Morgan fingerprint density at radius 2 is 2.04 bits per heavy atom. The van der Waals surface area contributed by atoms with Crippen molar-refractivity contribution in [2.45, 2.75) is 39.2 Å². The summed E-state index contributed by atoms with van der Waals surface area (Å²) in [5.74, 6) is 2.03. The van der Waals surface area contributed by atoms with Gasteiger partial charge in [0.05, 0.1) is 17.2 Å². The zero-order valence-electron chi connectivity index (χ0n) is 16.6. The summed E-state index contributed by atoms with van der Waals surface area (Å²) in [6.07, 6.45) is 4.57. The largest absolute Gasteiger partial charge is 0.484 e. The van der Waals surface area contributed by atoms with E-state index < -0.39 is 0 Å². The third-order valence-electron chi connectivity index (χ3n) is 5.32. The number of nitrogens with zero attached hydrogens (tertiary/aromatic N) is 4. The van der Waals surface area contributed by atoms with Crippen molar-refractivity contribution in [3.63, 3.8) is 0 Å². The smallest absolute Gasteiger partial charge is 0.260 e. The molecule has 0 N–H and O–H groups in total. The molecule has 1 amide bonds. The molecular formula is C22H26N4O2. The number of hydrogen-bond donors (Lipinski definition) is 0. The molecule has 3 heterocycles. The third-order valence-corrected chi connectivity index (χ3v) is 5.32. The standard InChI is InChI=1S/C22H26N4O2/c1-15(2)26-20-12-23-10-8-19(20)24-22(26)17-9-11-25(13-17)21(27)14-28-18-6-4-16(3)5-7-18/h4-8,10,12,15,17H,9,11,13-14H2,1-3H3/t17-/m1/s1. The van der Waals surface area contributed by atoms with Gasteiger partial charge in [0, 0.05) is 31.2 Å². The van der Waals surface area contributed by atoms with Gasteiger partial charge in [-0.25, -0.2) is 4.98 Å². The van der Waals surface area contributed by atoms with Crippen LogP contribution in [-0.2, 0) is 4.79 Å². The Morgan fingerprint density at radius 3 is 2.79 bits per heavy atom. The molecule has 6 heteroatoms. The third kappa shape index (κ3) is 3.59. The van der Waals surface area contributed by atoms with Crippen molar-refractivity contribution < 1.29 is 9.53 Å². The molecule has 1 aliphatic heterocycles. The Balaban J connectivity index is 1.45. The predicted molar refractivity (Wildman–Crippen MR) is 109 cm³/mol. The average Bonchev–Trinajstić information content (AvgIpc) is 3.32. The second kappa shape index (κ2) is 7.62. The van der Waals surface area contributed by atoms with Gasteiger partial charge in [0.1, 0.15) is 11.6 Å². The van der Waals surface area contributed by atoms with E-state index in [9.17, 15) is 4.79 Å². The fourth-order valence-electron chi connectivity index (χ4n) is 3.86. The molecule has 1 aromatic carbocycles. The van der Waals surface area contributed by atoms with Crippen molar-refractivity contribution in [1.29, 1.82) is 0 Å². The van der Waals surface area contributed by atoms with Crippen LogP contribution in [0.2, 0.25) is 0 Å². The minimum atomic E-state index is 0.0250. The Hall–Kier alpha value is -2.89. The summed E-state index contributed by atoms with van der Waals surface area (Å²) in [5.41, 5.74) is 3.19. The van der Waals surface area contributed by atoms with E-state index in [0.29, 0.717) is 12.6 Å². The lowest BCUT2D eigenvalue weighted by Crippen LogP contribution is -2.33. The zero-order chi connectivity index (χ0) is 19.7. The number of amides is 1. The van der Waals surface area contributed by atoms with Gasteiger partial charge in [-0.15, -0.1) is 0 Å². The molecule has 0 spiro atoms. The van der Waals surface area contributed by atoms with E-state index in [-0.39, 0.29) is 18.4 Å². The molecule has 0 bridgehead atoms. The minimum absolute atomic E-state index is 0.0250. The number of aromatic nitrogens is 3. The van der Waals surface area contributed by atoms with Crippen LogP contribution < -0.4 is 4.74 Å². The quantitative estimate of drug-likeness (QED) is 0.679.